The number of carbonyl (C=O) groups is 2. The summed E-state index contributed by atoms with van der Waals surface area (Å²) in [5.41, 5.74) is -2.29. The number of likely N-dealkylation sites (tertiary alicyclic amines) is 1. The number of carbonyl (C=O) groups excluding carboxylic acids is 1. The Bertz CT molecular complexity index is 1340. The molecule has 1 fully saturated rings. The molecule has 0 spiro atoms. The largest absolute Gasteiger partial charge is 0.465 e. The van der Waals surface area contributed by atoms with E-state index in [4.69, 9.17) is 0 Å². The van der Waals surface area contributed by atoms with Crippen molar-refractivity contribution in [3.05, 3.63) is 59.7 Å². The number of imide groups is 1. The molecule has 4 rings (SSSR count). The van der Waals surface area contributed by atoms with Crippen LogP contribution in [0.1, 0.15) is 36.5 Å². The first-order valence-electron chi connectivity index (χ1n) is 11.6. The molecular formula is C24H22F6N6O3. The minimum absolute atomic E-state index is 0.00697. The van der Waals surface area contributed by atoms with Crippen molar-refractivity contribution in [1.29, 1.82) is 0 Å². The average molecular weight is 556 g/mol. The number of amides is 2. The van der Waals surface area contributed by atoms with Crippen molar-refractivity contribution >= 4 is 17.9 Å². The van der Waals surface area contributed by atoms with Crippen LogP contribution in [-0.4, -0.2) is 53.8 Å². The lowest BCUT2D eigenvalue weighted by atomic mass is 10.0. The molecule has 2 aromatic heterocycles. The third-order valence-electron chi connectivity index (χ3n) is 6.37. The van der Waals surface area contributed by atoms with Crippen LogP contribution in [0, 0.1) is 0 Å². The summed E-state index contributed by atoms with van der Waals surface area (Å²) in [5, 5.41) is 13.6. The van der Waals surface area contributed by atoms with Gasteiger partial charge in [0, 0.05) is 49.4 Å². The smallest absolute Gasteiger partial charge is 0.416 e. The Kier molecular flexibility index (Phi) is 7.27. The second-order valence-electron chi connectivity index (χ2n) is 9.02. The van der Waals surface area contributed by atoms with Crippen molar-refractivity contribution in [2.24, 2.45) is 7.05 Å². The van der Waals surface area contributed by atoms with Gasteiger partial charge in [0.1, 0.15) is 6.04 Å². The summed E-state index contributed by atoms with van der Waals surface area (Å²) in [6.07, 6.45) is -5.51. The van der Waals surface area contributed by atoms with Crippen LogP contribution in [0.25, 0.3) is 11.1 Å². The zero-order valence-corrected chi connectivity index (χ0v) is 20.5. The summed E-state index contributed by atoms with van der Waals surface area (Å²) in [7, 11) is 1.69. The molecule has 2 atom stereocenters. The van der Waals surface area contributed by atoms with Crippen LogP contribution in [0.2, 0.25) is 0 Å². The van der Waals surface area contributed by atoms with E-state index in [-0.39, 0.29) is 24.9 Å². The van der Waals surface area contributed by atoms with Gasteiger partial charge in [0.25, 0.3) is 5.91 Å². The Morgan fingerprint density at radius 1 is 1.03 bits per heavy atom. The van der Waals surface area contributed by atoms with E-state index in [1.807, 2.05) is 0 Å². The summed E-state index contributed by atoms with van der Waals surface area (Å²) in [6, 6.07) is -0.883. The van der Waals surface area contributed by atoms with Crippen molar-refractivity contribution in [2.75, 3.05) is 4.90 Å². The molecular weight excluding hydrogens is 534 g/mol. The maximum Gasteiger partial charge on any atom is 0.416 e. The Morgan fingerprint density at radius 2 is 1.62 bits per heavy atom. The normalized spacial score (nSPS) is 18.1. The molecule has 3 heterocycles. The molecule has 1 saturated heterocycles. The second kappa shape index (κ2) is 10.2. The van der Waals surface area contributed by atoms with Gasteiger partial charge in [-0.15, -0.1) is 0 Å². The highest BCUT2D eigenvalue weighted by Gasteiger charge is 2.46. The molecule has 0 aliphatic carbocycles. The zero-order valence-electron chi connectivity index (χ0n) is 20.5. The van der Waals surface area contributed by atoms with Crippen LogP contribution < -0.4 is 4.90 Å². The van der Waals surface area contributed by atoms with Gasteiger partial charge in [0.15, 0.2) is 0 Å². The van der Waals surface area contributed by atoms with Crippen LogP contribution in [0.4, 0.5) is 37.1 Å². The number of aromatic nitrogens is 4. The number of anilines is 1. The van der Waals surface area contributed by atoms with E-state index in [0.29, 0.717) is 28.2 Å². The Morgan fingerprint density at radius 3 is 2.05 bits per heavy atom. The standard InChI is InChI=1S/C24H22F6N6O3/c1-3-18-7-19(20(37)36(18)22(38)39)35(21-31-8-14(9-32-21)15-10-33-34(2)12-15)11-13-4-16(23(25,26)27)6-17(5-13)24(28,29)30/h4-6,8-10,12,18-19H,3,7,11H2,1-2H3,(H,38,39)/t18-,19?/m1/s1. The van der Waals surface area contributed by atoms with Gasteiger partial charge in [-0.05, 0) is 36.6 Å². The fourth-order valence-electron chi connectivity index (χ4n) is 4.48. The lowest BCUT2D eigenvalue weighted by molar-refractivity contribution is -0.143. The molecule has 1 aliphatic heterocycles. The molecule has 15 heteroatoms. The molecule has 1 N–H and O–H groups in total. The van der Waals surface area contributed by atoms with Crippen LogP contribution in [0.5, 0.6) is 0 Å². The van der Waals surface area contributed by atoms with E-state index in [9.17, 15) is 41.0 Å². The molecule has 0 radical (unpaired) electrons. The van der Waals surface area contributed by atoms with Gasteiger partial charge in [0.2, 0.25) is 5.95 Å². The maximum atomic E-state index is 13.5. The number of hydrogen-bond donors (Lipinski definition) is 1. The van der Waals surface area contributed by atoms with E-state index in [2.05, 4.69) is 15.1 Å². The Balaban J connectivity index is 1.79. The Labute approximate surface area is 217 Å². The lowest BCUT2D eigenvalue weighted by Gasteiger charge is -2.28. The number of hydrogen-bond acceptors (Lipinski definition) is 6. The third-order valence-corrected chi connectivity index (χ3v) is 6.37. The minimum atomic E-state index is -5.07. The van der Waals surface area contributed by atoms with Gasteiger partial charge >= 0.3 is 18.4 Å². The molecule has 0 bridgehead atoms. The van der Waals surface area contributed by atoms with Crippen molar-refractivity contribution in [1.82, 2.24) is 24.6 Å². The van der Waals surface area contributed by atoms with E-state index >= 15 is 0 Å². The van der Waals surface area contributed by atoms with Crippen LogP contribution >= 0.6 is 0 Å². The van der Waals surface area contributed by atoms with Gasteiger partial charge in [-0.3, -0.25) is 9.48 Å². The van der Waals surface area contributed by atoms with Gasteiger partial charge < -0.3 is 10.0 Å². The maximum absolute atomic E-state index is 13.5. The van der Waals surface area contributed by atoms with Gasteiger partial charge in [0.05, 0.1) is 17.3 Å². The first-order chi connectivity index (χ1) is 18.2. The second-order valence-corrected chi connectivity index (χ2v) is 9.02. The highest BCUT2D eigenvalue weighted by atomic mass is 19.4. The van der Waals surface area contributed by atoms with Crippen molar-refractivity contribution in [2.45, 2.75) is 50.7 Å². The van der Waals surface area contributed by atoms with Crippen molar-refractivity contribution in [3.8, 4) is 11.1 Å². The van der Waals surface area contributed by atoms with E-state index in [0.717, 1.165) is 4.90 Å². The molecule has 208 valence electrons. The number of rotatable bonds is 6. The van der Waals surface area contributed by atoms with Gasteiger partial charge in [-0.25, -0.2) is 19.7 Å². The molecule has 1 aromatic carbocycles. The molecule has 1 unspecified atom stereocenters. The molecule has 9 nitrogen and oxygen atoms in total. The van der Waals surface area contributed by atoms with E-state index < -0.39 is 59.7 Å². The predicted molar refractivity (Wildman–Crippen MR) is 124 cm³/mol. The summed E-state index contributed by atoms with van der Waals surface area (Å²) in [6.45, 7) is 1.03. The molecule has 1 aliphatic rings. The minimum Gasteiger partial charge on any atom is -0.465 e. The third kappa shape index (κ3) is 5.81. The summed E-state index contributed by atoms with van der Waals surface area (Å²) in [5.74, 6) is -1.05. The fourth-order valence-corrected chi connectivity index (χ4v) is 4.48. The lowest BCUT2D eigenvalue weighted by Crippen LogP contribution is -2.44. The highest BCUT2D eigenvalue weighted by molar-refractivity contribution is 5.98. The van der Waals surface area contributed by atoms with E-state index in [1.165, 1.54) is 23.3 Å². The number of nitrogens with zero attached hydrogens (tertiary/aromatic N) is 6. The van der Waals surface area contributed by atoms with Crippen LogP contribution in [-0.2, 0) is 30.7 Å². The summed E-state index contributed by atoms with van der Waals surface area (Å²) < 4.78 is 82.3. The number of carboxylic acid groups (broad SMARTS) is 1. The summed E-state index contributed by atoms with van der Waals surface area (Å²) >= 11 is 0. The monoisotopic (exact) mass is 556 g/mol. The predicted octanol–water partition coefficient (Wildman–Crippen LogP) is 4.98. The fraction of sp³-hybridized carbons (Fsp3) is 0.375. The highest BCUT2D eigenvalue weighted by Crippen LogP contribution is 2.37. The quantitative estimate of drug-likeness (QED) is 0.427. The van der Waals surface area contributed by atoms with Gasteiger partial charge in [-0.1, -0.05) is 6.92 Å². The average Bonchev–Trinajstić information content (AvgIpc) is 3.44. The van der Waals surface area contributed by atoms with E-state index in [1.54, 1.807) is 20.2 Å². The summed E-state index contributed by atoms with van der Waals surface area (Å²) in [4.78, 5) is 35.1. The molecule has 39 heavy (non-hydrogen) atoms. The topological polar surface area (TPSA) is 104 Å². The van der Waals surface area contributed by atoms with Gasteiger partial charge in [-0.2, -0.15) is 31.4 Å². The SMILES string of the molecule is CC[C@@H]1CC(N(Cc2cc(C(F)(F)F)cc(C(F)(F)F)c2)c2ncc(-c3cnn(C)c3)cn2)C(=O)N1C(=O)O. The van der Waals surface area contributed by atoms with Crippen LogP contribution in [0.3, 0.4) is 0 Å². The number of halogens is 6. The van der Waals surface area contributed by atoms with Crippen molar-refractivity contribution < 1.29 is 41.0 Å². The Hall–Kier alpha value is -4.17. The van der Waals surface area contributed by atoms with Crippen LogP contribution in [0.15, 0.2) is 43.0 Å². The van der Waals surface area contributed by atoms with Crippen molar-refractivity contribution in [3.63, 3.8) is 0 Å². The zero-order chi connectivity index (χ0) is 28.7. The molecule has 0 saturated carbocycles. The molecule has 2 amide bonds. The first-order valence-corrected chi connectivity index (χ1v) is 11.6. The number of alkyl halides is 6. The molecule has 3 aromatic rings. The number of aryl methyl sites for hydroxylation is 1. The first kappa shape index (κ1) is 27.9. The number of benzene rings is 1.